The number of phenols is 2. The van der Waals surface area contributed by atoms with Gasteiger partial charge in [-0.05, 0) is 52.3 Å². The number of rotatable bonds is 3. The largest absolute Gasteiger partial charge is 0.507 e. The van der Waals surface area contributed by atoms with Crippen LogP contribution in [0.1, 0.15) is 21.5 Å². The van der Waals surface area contributed by atoms with E-state index in [0.29, 0.717) is 15.6 Å². The molecule has 0 heterocycles. The summed E-state index contributed by atoms with van der Waals surface area (Å²) in [6, 6.07) is 9.07. The summed E-state index contributed by atoms with van der Waals surface area (Å²) < 4.78 is 0.492. The van der Waals surface area contributed by atoms with E-state index in [2.05, 4.69) is 32.4 Å². The number of halogens is 1. The molecule has 0 spiro atoms. The molecule has 3 N–H and O–H groups in total. The van der Waals surface area contributed by atoms with Crippen LogP contribution in [0, 0.1) is 12.3 Å². The second-order valence-electron chi connectivity index (χ2n) is 4.28. The van der Waals surface area contributed by atoms with E-state index in [4.69, 9.17) is 6.42 Å². The molecular formula is C16H11BrN2O3. The molecule has 0 unspecified atom stereocenters. The van der Waals surface area contributed by atoms with Gasteiger partial charge in [0.2, 0.25) is 0 Å². The number of hydrogen-bond acceptors (Lipinski definition) is 4. The lowest BCUT2D eigenvalue weighted by atomic mass is 10.1. The molecule has 0 aliphatic carbocycles. The third-order valence-corrected chi connectivity index (χ3v) is 3.45. The average molecular weight is 359 g/mol. The third kappa shape index (κ3) is 3.65. The van der Waals surface area contributed by atoms with Crippen LogP contribution < -0.4 is 5.43 Å². The number of carbonyl (C=O) groups excluding carboxylic acids is 1. The number of hydrazone groups is 1. The molecule has 2 aromatic rings. The number of nitrogens with one attached hydrogen (secondary N) is 1. The lowest BCUT2D eigenvalue weighted by Crippen LogP contribution is -2.17. The van der Waals surface area contributed by atoms with Gasteiger partial charge in [-0.15, -0.1) is 6.42 Å². The van der Waals surface area contributed by atoms with Gasteiger partial charge in [0.05, 0.1) is 10.7 Å². The predicted molar refractivity (Wildman–Crippen MR) is 86.9 cm³/mol. The number of phenolic OH excluding ortho intramolecular Hbond substituents is 2. The molecular weight excluding hydrogens is 348 g/mol. The van der Waals surface area contributed by atoms with Gasteiger partial charge in [-0.1, -0.05) is 5.92 Å². The van der Waals surface area contributed by atoms with E-state index < -0.39 is 5.91 Å². The van der Waals surface area contributed by atoms with Crippen LogP contribution in [0.3, 0.4) is 0 Å². The minimum Gasteiger partial charge on any atom is -0.507 e. The molecule has 1 amide bonds. The lowest BCUT2D eigenvalue weighted by molar-refractivity contribution is 0.0954. The number of hydrogen-bond donors (Lipinski definition) is 3. The van der Waals surface area contributed by atoms with Crippen molar-refractivity contribution in [3.05, 3.63) is 57.6 Å². The Morgan fingerprint density at radius 2 is 2.00 bits per heavy atom. The zero-order valence-electron chi connectivity index (χ0n) is 11.2. The van der Waals surface area contributed by atoms with Gasteiger partial charge in [0.25, 0.3) is 5.91 Å². The number of nitrogens with zero attached hydrogens (tertiary/aromatic N) is 1. The van der Waals surface area contributed by atoms with Crippen LogP contribution in [0.4, 0.5) is 0 Å². The van der Waals surface area contributed by atoms with Gasteiger partial charge in [0, 0.05) is 16.7 Å². The molecule has 0 aromatic heterocycles. The second kappa shape index (κ2) is 6.78. The van der Waals surface area contributed by atoms with Crippen LogP contribution in [0.25, 0.3) is 0 Å². The number of amides is 1. The van der Waals surface area contributed by atoms with Gasteiger partial charge < -0.3 is 10.2 Å². The maximum absolute atomic E-state index is 11.8. The fraction of sp³-hybridized carbons (Fsp3) is 0. The van der Waals surface area contributed by atoms with Crippen molar-refractivity contribution in [3.63, 3.8) is 0 Å². The molecule has 0 bridgehead atoms. The maximum atomic E-state index is 11.8. The molecule has 0 atom stereocenters. The molecule has 0 saturated heterocycles. The first kappa shape index (κ1) is 15.6. The minimum atomic E-state index is -0.487. The SMILES string of the molecule is C#Cc1ccc(/C=N/NC(=O)c2ccc(Br)c(O)c2)c(O)c1. The van der Waals surface area contributed by atoms with E-state index >= 15 is 0 Å². The van der Waals surface area contributed by atoms with Crippen molar-refractivity contribution in [3.8, 4) is 23.8 Å². The zero-order chi connectivity index (χ0) is 16.1. The molecule has 0 radical (unpaired) electrons. The Bertz CT molecular complexity index is 794. The van der Waals surface area contributed by atoms with Gasteiger partial charge >= 0.3 is 0 Å². The Morgan fingerprint density at radius 3 is 2.64 bits per heavy atom. The number of benzene rings is 2. The summed E-state index contributed by atoms with van der Waals surface area (Å²) >= 11 is 3.13. The van der Waals surface area contributed by atoms with Crippen LogP contribution in [0.15, 0.2) is 46.0 Å². The van der Waals surface area contributed by atoms with Crippen LogP contribution in [0.5, 0.6) is 11.5 Å². The van der Waals surface area contributed by atoms with E-state index in [0.717, 1.165) is 0 Å². The summed E-state index contributed by atoms with van der Waals surface area (Å²) in [5, 5.41) is 23.0. The first-order chi connectivity index (χ1) is 10.5. The highest BCUT2D eigenvalue weighted by molar-refractivity contribution is 9.10. The molecule has 0 aliphatic heterocycles. The molecule has 110 valence electrons. The van der Waals surface area contributed by atoms with Gasteiger partial charge in [0.1, 0.15) is 11.5 Å². The summed E-state index contributed by atoms with van der Waals surface area (Å²) in [7, 11) is 0. The molecule has 22 heavy (non-hydrogen) atoms. The quantitative estimate of drug-likeness (QED) is 0.448. The Hall–Kier alpha value is -2.78. The van der Waals surface area contributed by atoms with Gasteiger partial charge in [-0.25, -0.2) is 5.43 Å². The van der Waals surface area contributed by atoms with Crippen molar-refractivity contribution in [2.24, 2.45) is 5.10 Å². The molecule has 0 saturated carbocycles. The van der Waals surface area contributed by atoms with Crippen LogP contribution in [-0.2, 0) is 0 Å². The standard InChI is InChI=1S/C16H11BrN2O3/c1-2-10-3-4-12(14(20)7-10)9-18-19-16(22)11-5-6-13(17)15(21)8-11/h1,3-9,20-21H,(H,19,22)/b18-9+. The van der Waals surface area contributed by atoms with Crippen molar-refractivity contribution in [2.45, 2.75) is 0 Å². The zero-order valence-corrected chi connectivity index (χ0v) is 12.8. The summed E-state index contributed by atoms with van der Waals surface area (Å²) in [6.07, 6.45) is 6.52. The summed E-state index contributed by atoms with van der Waals surface area (Å²) in [6.45, 7) is 0. The van der Waals surface area contributed by atoms with Gasteiger partial charge in [0.15, 0.2) is 0 Å². The fourth-order valence-electron chi connectivity index (χ4n) is 1.62. The van der Waals surface area contributed by atoms with E-state index in [1.165, 1.54) is 24.4 Å². The van der Waals surface area contributed by atoms with Gasteiger partial charge in [-0.2, -0.15) is 5.10 Å². The molecule has 0 fully saturated rings. The van der Waals surface area contributed by atoms with Crippen molar-refractivity contribution in [2.75, 3.05) is 0 Å². The highest BCUT2D eigenvalue weighted by Gasteiger charge is 2.07. The first-order valence-electron chi connectivity index (χ1n) is 6.13. The first-order valence-corrected chi connectivity index (χ1v) is 6.92. The molecule has 0 aliphatic rings. The van der Waals surface area contributed by atoms with Crippen molar-refractivity contribution in [1.82, 2.24) is 5.43 Å². The Morgan fingerprint density at radius 1 is 1.23 bits per heavy atom. The third-order valence-electron chi connectivity index (χ3n) is 2.78. The smallest absolute Gasteiger partial charge is 0.271 e. The molecule has 5 nitrogen and oxygen atoms in total. The van der Waals surface area contributed by atoms with Gasteiger partial charge in [-0.3, -0.25) is 4.79 Å². The van der Waals surface area contributed by atoms with Crippen LogP contribution in [-0.4, -0.2) is 22.3 Å². The van der Waals surface area contributed by atoms with E-state index in [9.17, 15) is 15.0 Å². The minimum absolute atomic E-state index is 0.0327. The van der Waals surface area contributed by atoms with E-state index in [-0.39, 0.29) is 17.1 Å². The predicted octanol–water partition coefficient (Wildman–Crippen LogP) is 2.61. The second-order valence-corrected chi connectivity index (χ2v) is 5.14. The number of carbonyl (C=O) groups is 1. The number of terminal acetylenes is 1. The Kier molecular flexibility index (Phi) is 4.81. The fourth-order valence-corrected chi connectivity index (χ4v) is 1.87. The van der Waals surface area contributed by atoms with E-state index in [1.54, 1.807) is 18.2 Å². The van der Waals surface area contributed by atoms with Crippen LogP contribution >= 0.6 is 15.9 Å². The normalized spacial score (nSPS) is 10.4. The summed E-state index contributed by atoms with van der Waals surface area (Å²) in [5.74, 6) is 1.84. The molecule has 2 rings (SSSR count). The maximum Gasteiger partial charge on any atom is 0.271 e. The van der Waals surface area contributed by atoms with Crippen molar-refractivity contribution in [1.29, 1.82) is 0 Å². The van der Waals surface area contributed by atoms with Crippen molar-refractivity contribution >= 4 is 28.1 Å². The summed E-state index contributed by atoms with van der Waals surface area (Å²) in [5.41, 5.74) is 3.52. The highest BCUT2D eigenvalue weighted by Crippen LogP contribution is 2.24. The average Bonchev–Trinajstić information content (AvgIpc) is 2.51. The molecule has 6 heteroatoms. The lowest BCUT2D eigenvalue weighted by Gasteiger charge is -2.02. The highest BCUT2D eigenvalue weighted by atomic mass is 79.9. The van der Waals surface area contributed by atoms with Crippen LogP contribution in [0.2, 0.25) is 0 Å². The topological polar surface area (TPSA) is 81.9 Å². The van der Waals surface area contributed by atoms with Crippen molar-refractivity contribution < 1.29 is 15.0 Å². The number of aromatic hydroxyl groups is 2. The monoisotopic (exact) mass is 358 g/mol. The van der Waals surface area contributed by atoms with E-state index in [1.807, 2.05) is 0 Å². The Labute approximate surface area is 135 Å². The summed E-state index contributed by atoms with van der Waals surface area (Å²) in [4.78, 5) is 11.8. The Balaban J connectivity index is 2.07. The molecule has 2 aromatic carbocycles.